The molecule has 8 heteroatoms. The van der Waals surface area contributed by atoms with Crippen LogP contribution >= 0.6 is 0 Å². The molecule has 2 aliphatic heterocycles. The zero-order chi connectivity index (χ0) is 22.9. The van der Waals surface area contributed by atoms with E-state index in [1.165, 1.54) is 0 Å². The molecule has 33 heavy (non-hydrogen) atoms. The lowest BCUT2D eigenvalue weighted by molar-refractivity contribution is 0.0314. The van der Waals surface area contributed by atoms with Crippen molar-refractivity contribution in [3.05, 3.63) is 69.6 Å². The summed E-state index contributed by atoms with van der Waals surface area (Å²) in [5.41, 5.74) is 1.23. The third kappa shape index (κ3) is 3.75. The van der Waals surface area contributed by atoms with Gasteiger partial charge in [0.05, 0.1) is 44.4 Å². The molecule has 1 saturated heterocycles. The molecule has 0 N–H and O–H groups in total. The minimum absolute atomic E-state index is 0.0821. The molecule has 0 saturated carbocycles. The molecule has 2 aromatic carbocycles. The van der Waals surface area contributed by atoms with Crippen molar-refractivity contribution in [2.75, 3.05) is 53.6 Å². The quantitative estimate of drug-likeness (QED) is 0.571. The molecule has 1 atom stereocenters. The first-order chi connectivity index (χ1) is 16.1. The monoisotopic (exact) mass is 450 g/mol. The van der Waals surface area contributed by atoms with Crippen LogP contribution in [-0.2, 0) is 4.74 Å². The van der Waals surface area contributed by atoms with Crippen LogP contribution in [0.5, 0.6) is 11.5 Å². The van der Waals surface area contributed by atoms with Gasteiger partial charge in [0.15, 0.2) is 5.43 Å². The zero-order valence-electron chi connectivity index (χ0n) is 18.7. The molecule has 3 aromatic rings. The van der Waals surface area contributed by atoms with Crippen molar-refractivity contribution in [1.82, 2.24) is 9.80 Å². The van der Waals surface area contributed by atoms with Crippen molar-refractivity contribution in [1.29, 1.82) is 0 Å². The maximum atomic E-state index is 13.7. The Morgan fingerprint density at radius 1 is 1.00 bits per heavy atom. The zero-order valence-corrected chi connectivity index (χ0v) is 18.7. The van der Waals surface area contributed by atoms with Gasteiger partial charge >= 0.3 is 0 Å². The summed E-state index contributed by atoms with van der Waals surface area (Å²) in [4.78, 5) is 31.2. The number of para-hydroxylation sites is 1. The van der Waals surface area contributed by atoms with Crippen LogP contribution in [0.1, 0.15) is 27.7 Å². The van der Waals surface area contributed by atoms with Crippen LogP contribution in [0.25, 0.3) is 11.0 Å². The maximum absolute atomic E-state index is 13.7. The highest BCUT2D eigenvalue weighted by atomic mass is 16.5. The number of amides is 1. The minimum atomic E-state index is -0.590. The Labute approximate surface area is 191 Å². The highest BCUT2D eigenvalue weighted by Gasteiger charge is 2.43. The van der Waals surface area contributed by atoms with Gasteiger partial charge in [0.25, 0.3) is 5.91 Å². The largest absolute Gasteiger partial charge is 0.497 e. The van der Waals surface area contributed by atoms with E-state index in [4.69, 9.17) is 18.6 Å². The Morgan fingerprint density at radius 3 is 2.55 bits per heavy atom. The van der Waals surface area contributed by atoms with E-state index in [1.54, 1.807) is 37.3 Å². The number of hydrogen-bond acceptors (Lipinski definition) is 7. The number of carbonyl (C=O) groups is 1. The summed E-state index contributed by atoms with van der Waals surface area (Å²) in [5.74, 6) is 0.963. The Hall–Kier alpha value is -3.36. The predicted octanol–water partition coefficient (Wildman–Crippen LogP) is 2.69. The lowest BCUT2D eigenvalue weighted by atomic mass is 9.97. The molecular formula is C25H26N2O6. The van der Waals surface area contributed by atoms with Crippen molar-refractivity contribution in [2.24, 2.45) is 0 Å². The van der Waals surface area contributed by atoms with E-state index >= 15 is 0 Å². The lowest BCUT2D eigenvalue weighted by Crippen LogP contribution is -2.42. The van der Waals surface area contributed by atoms with E-state index in [0.717, 1.165) is 18.7 Å². The molecule has 1 aromatic heterocycles. The second kappa shape index (κ2) is 8.88. The van der Waals surface area contributed by atoms with Crippen molar-refractivity contribution < 1.29 is 23.4 Å². The summed E-state index contributed by atoms with van der Waals surface area (Å²) in [6.07, 6.45) is 0. The van der Waals surface area contributed by atoms with E-state index in [9.17, 15) is 9.59 Å². The summed E-state index contributed by atoms with van der Waals surface area (Å²) < 4.78 is 22.3. The van der Waals surface area contributed by atoms with Crippen LogP contribution in [-0.4, -0.2) is 69.3 Å². The van der Waals surface area contributed by atoms with Gasteiger partial charge in [-0.25, -0.2) is 0 Å². The number of ether oxygens (including phenoxy) is 3. The van der Waals surface area contributed by atoms with Crippen LogP contribution in [0.3, 0.4) is 0 Å². The third-order valence-electron chi connectivity index (χ3n) is 6.37. The Kier molecular flexibility index (Phi) is 5.78. The maximum Gasteiger partial charge on any atom is 0.290 e. The van der Waals surface area contributed by atoms with E-state index in [-0.39, 0.29) is 17.1 Å². The number of hydrogen-bond donors (Lipinski definition) is 0. The van der Waals surface area contributed by atoms with Gasteiger partial charge in [-0.15, -0.1) is 0 Å². The third-order valence-corrected chi connectivity index (χ3v) is 6.37. The fraction of sp³-hybridized carbons (Fsp3) is 0.360. The molecule has 8 nitrogen and oxygen atoms in total. The number of nitrogens with zero attached hydrogens (tertiary/aromatic N) is 2. The number of carbonyl (C=O) groups excluding carboxylic acids is 1. The van der Waals surface area contributed by atoms with Crippen LogP contribution in [0.2, 0.25) is 0 Å². The molecule has 0 aliphatic carbocycles. The summed E-state index contributed by atoms with van der Waals surface area (Å²) in [6, 6.07) is 11.9. The van der Waals surface area contributed by atoms with Crippen LogP contribution in [0, 0.1) is 0 Å². The smallest absolute Gasteiger partial charge is 0.290 e. The van der Waals surface area contributed by atoms with Gasteiger partial charge in [0.2, 0.25) is 5.76 Å². The molecule has 0 bridgehead atoms. The summed E-state index contributed by atoms with van der Waals surface area (Å²) in [5, 5.41) is 0.414. The fourth-order valence-corrected chi connectivity index (χ4v) is 4.65. The van der Waals surface area contributed by atoms with Gasteiger partial charge in [0, 0.05) is 37.8 Å². The number of methoxy groups -OCH3 is 2. The Morgan fingerprint density at radius 2 is 1.79 bits per heavy atom. The molecule has 1 amide bonds. The van der Waals surface area contributed by atoms with E-state index in [2.05, 4.69) is 4.90 Å². The average molecular weight is 450 g/mol. The van der Waals surface area contributed by atoms with E-state index < -0.39 is 6.04 Å². The van der Waals surface area contributed by atoms with Gasteiger partial charge in [0.1, 0.15) is 17.1 Å². The molecule has 0 spiro atoms. The Balaban J connectivity index is 1.63. The number of rotatable bonds is 6. The molecule has 172 valence electrons. The molecule has 0 radical (unpaired) electrons. The van der Waals surface area contributed by atoms with Crippen molar-refractivity contribution >= 4 is 16.9 Å². The van der Waals surface area contributed by atoms with Crippen LogP contribution in [0.15, 0.2) is 51.7 Å². The Bertz CT molecular complexity index is 1250. The van der Waals surface area contributed by atoms with Crippen molar-refractivity contribution in [3.63, 3.8) is 0 Å². The molecule has 0 unspecified atom stereocenters. The van der Waals surface area contributed by atoms with Crippen molar-refractivity contribution in [2.45, 2.75) is 6.04 Å². The normalized spacial score (nSPS) is 18.5. The highest BCUT2D eigenvalue weighted by molar-refractivity contribution is 5.99. The topological polar surface area (TPSA) is 81.5 Å². The number of fused-ring (bicyclic) bond motifs is 2. The highest BCUT2D eigenvalue weighted by Crippen LogP contribution is 2.41. The van der Waals surface area contributed by atoms with Crippen LogP contribution in [0.4, 0.5) is 0 Å². The molecule has 3 heterocycles. The summed E-state index contributed by atoms with van der Waals surface area (Å²) >= 11 is 0. The lowest BCUT2D eigenvalue weighted by Gasteiger charge is -2.31. The van der Waals surface area contributed by atoms with E-state index in [0.29, 0.717) is 54.3 Å². The van der Waals surface area contributed by atoms with Gasteiger partial charge in [-0.05, 0) is 18.2 Å². The SMILES string of the molecule is COc1ccc2c(=O)c3c(oc2c1)C(=O)N(CCN1CCOCC1)[C@@H]3c1ccccc1OC. The second-order valence-electron chi connectivity index (χ2n) is 8.13. The number of benzene rings is 2. The fourth-order valence-electron chi connectivity index (χ4n) is 4.65. The average Bonchev–Trinajstić information content (AvgIpc) is 3.14. The second-order valence-corrected chi connectivity index (χ2v) is 8.13. The van der Waals surface area contributed by atoms with Crippen LogP contribution < -0.4 is 14.9 Å². The van der Waals surface area contributed by atoms with Gasteiger partial charge in [-0.3, -0.25) is 14.5 Å². The van der Waals surface area contributed by atoms with Gasteiger partial charge in [-0.1, -0.05) is 18.2 Å². The molecule has 5 rings (SSSR count). The van der Waals surface area contributed by atoms with Gasteiger partial charge in [-0.2, -0.15) is 0 Å². The standard InChI is InChI=1S/C25H26N2O6/c1-30-16-7-8-18-20(15-16)33-24-21(23(18)28)22(17-5-3-4-6-19(17)31-2)27(25(24)29)10-9-26-11-13-32-14-12-26/h3-8,15,22H,9-14H2,1-2H3/t22-/m1/s1. The van der Waals surface area contributed by atoms with E-state index in [1.807, 2.05) is 24.3 Å². The minimum Gasteiger partial charge on any atom is -0.497 e. The van der Waals surface area contributed by atoms with Gasteiger partial charge < -0.3 is 23.5 Å². The molecular weight excluding hydrogens is 424 g/mol. The summed E-state index contributed by atoms with van der Waals surface area (Å²) in [7, 11) is 3.13. The summed E-state index contributed by atoms with van der Waals surface area (Å²) in [6.45, 7) is 4.11. The number of morpholine rings is 1. The first kappa shape index (κ1) is 21.5. The predicted molar refractivity (Wildman–Crippen MR) is 122 cm³/mol. The molecule has 2 aliphatic rings. The first-order valence-corrected chi connectivity index (χ1v) is 11.0. The molecule has 1 fully saturated rings. The van der Waals surface area contributed by atoms with Crippen molar-refractivity contribution in [3.8, 4) is 11.5 Å². The first-order valence-electron chi connectivity index (χ1n) is 11.0.